The number of nitrogen functional groups attached to an aromatic ring is 1. The van der Waals surface area contributed by atoms with Crippen LogP contribution in [0.1, 0.15) is 54.1 Å². The Morgan fingerprint density at radius 1 is 1.17 bits per heavy atom. The zero-order valence-corrected chi connectivity index (χ0v) is 19.7. The lowest BCUT2D eigenvalue weighted by molar-refractivity contribution is -0.187. The van der Waals surface area contributed by atoms with Gasteiger partial charge in [-0.05, 0) is 55.2 Å². The molecule has 0 aromatic heterocycles. The molecule has 1 aliphatic heterocycles. The summed E-state index contributed by atoms with van der Waals surface area (Å²) >= 11 is 0. The van der Waals surface area contributed by atoms with Gasteiger partial charge < -0.3 is 21.9 Å². The summed E-state index contributed by atoms with van der Waals surface area (Å²) < 4.78 is 0. The van der Waals surface area contributed by atoms with Crippen LogP contribution in [0.15, 0.2) is 53.0 Å². The van der Waals surface area contributed by atoms with Crippen molar-refractivity contribution >= 4 is 35.1 Å². The van der Waals surface area contributed by atoms with Crippen LogP contribution in [0.4, 0.5) is 11.4 Å². The molecule has 9 nitrogen and oxygen atoms in total. The van der Waals surface area contributed by atoms with Gasteiger partial charge in [-0.15, -0.1) is 0 Å². The van der Waals surface area contributed by atoms with Crippen LogP contribution in [0.25, 0.3) is 6.08 Å². The predicted octanol–water partition coefficient (Wildman–Crippen LogP) is 2.67. The van der Waals surface area contributed by atoms with Crippen molar-refractivity contribution in [3.63, 3.8) is 0 Å². The lowest BCUT2D eigenvalue weighted by Gasteiger charge is -2.31. The van der Waals surface area contributed by atoms with E-state index in [1.807, 2.05) is 19.1 Å². The van der Waals surface area contributed by atoms with E-state index >= 15 is 0 Å². The number of carbonyl (C=O) groups is 2. The maximum absolute atomic E-state index is 13.4. The van der Waals surface area contributed by atoms with Gasteiger partial charge in [0.2, 0.25) is 0 Å². The molecule has 6 N–H and O–H groups in total. The van der Waals surface area contributed by atoms with E-state index < -0.39 is 0 Å². The third-order valence-electron chi connectivity index (χ3n) is 6.00. The van der Waals surface area contributed by atoms with Crippen LogP contribution in [0.5, 0.6) is 0 Å². The van der Waals surface area contributed by atoms with Crippen LogP contribution < -0.4 is 16.8 Å². The number of nitrogens with two attached hydrogens (primary N) is 2. The maximum Gasteiger partial charge on any atom is 0.273 e. The van der Waals surface area contributed by atoms with Gasteiger partial charge >= 0.3 is 0 Å². The van der Waals surface area contributed by atoms with Crippen molar-refractivity contribution in [2.75, 3.05) is 12.3 Å². The number of benzene rings is 2. The number of hydrogen-bond acceptors (Lipinski definition) is 7. The van der Waals surface area contributed by atoms with Crippen molar-refractivity contribution in [3.05, 3.63) is 64.7 Å². The largest absolute Gasteiger partial charge is 0.399 e. The van der Waals surface area contributed by atoms with Gasteiger partial charge in [0, 0.05) is 41.4 Å². The molecule has 2 amide bonds. The number of anilines is 1. The average Bonchev–Trinajstić information content (AvgIpc) is 2.98. The van der Waals surface area contributed by atoms with Gasteiger partial charge in [-0.3, -0.25) is 14.4 Å². The summed E-state index contributed by atoms with van der Waals surface area (Å²) in [4.78, 5) is 36.2. The molecule has 1 fully saturated rings. The topological polar surface area (TPSA) is 143 Å². The first-order valence-electron chi connectivity index (χ1n) is 11.8. The number of nitrogens with one attached hydrogen (secondary N) is 1. The molecular formula is C26H31N5O4. The second-order valence-electron chi connectivity index (χ2n) is 8.94. The summed E-state index contributed by atoms with van der Waals surface area (Å²) in [7, 11) is 0. The SMILES string of the molecule is CCCN(OCc1ccc(N)cc1)C(=O)C1=Cc2ccc(C(=O)NC3CC(O)C3)cc2N=C(N)C1. The summed E-state index contributed by atoms with van der Waals surface area (Å²) in [5.74, 6) is -0.232. The molecule has 1 aliphatic carbocycles. The van der Waals surface area contributed by atoms with E-state index in [2.05, 4.69) is 10.3 Å². The van der Waals surface area contributed by atoms with E-state index in [9.17, 15) is 14.7 Å². The molecule has 0 unspecified atom stereocenters. The van der Waals surface area contributed by atoms with Gasteiger partial charge in [0.25, 0.3) is 11.8 Å². The van der Waals surface area contributed by atoms with Gasteiger partial charge in [0.05, 0.1) is 11.8 Å². The van der Waals surface area contributed by atoms with Gasteiger partial charge in [-0.2, -0.15) is 0 Å². The fraction of sp³-hybridized carbons (Fsp3) is 0.346. The van der Waals surface area contributed by atoms with Crippen LogP contribution in [0, 0.1) is 0 Å². The van der Waals surface area contributed by atoms with Gasteiger partial charge in [-0.1, -0.05) is 25.1 Å². The molecule has 2 aromatic rings. The molecule has 184 valence electrons. The van der Waals surface area contributed by atoms with Crippen molar-refractivity contribution in [3.8, 4) is 0 Å². The molecule has 0 radical (unpaired) electrons. The van der Waals surface area contributed by atoms with Crippen LogP contribution in [0.2, 0.25) is 0 Å². The highest BCUT2D eigenvalue weighted by atomic mass is 16.7. The number of hydroxylamine groups is 2. The highest BCUT2D eigenvalue weighted by Crippen LogP contribution is 2.29. The fourth-order valence-corrected chi connectivity index (χ4v) is 4.00. The maximum atomic E-state index is 13.4. The van der Waals surface area contributed by atoms with Crippen molar-refractivity contribution in [1.29, 1.82) is 0 Å². The van der Waals surface area contributed by atoms with E-state index in [0.717, 1.165) is 12.0 Å². The third kappa shape index (κ3) is 6.06. The third-order valence-corrected chi connectivity index (χ3v) is 6.00. The molecule has 0 spiro atoms. The Balaban J connectivity index is 1.50. The second-order valence-corrected chi connectivity index (χ2v) is 8.94. The fourth-order valence-electron chi connectivity index (χ4n) is 4.00. The summed E-state index contributed by atoms with van der Waals surface area (Å²) in [6, 6.07) is 12.4. The molecule has 0 atom stereocenters. The minimum atomic E-state index is -0.347. The Morgan fingerprint density at radius 2 is 1.91 bits per heavy atom. The number of rotatable bonds is 8. The molecular weight excluding hydrogens is 446 g/mol. The van der Waals surface area contributed by atoms with Crippen molar-refractivity contribution in [2.24, 2.45) is 10.7 Å². The number of hydrogen-bond donors (Lipinski definition) is 4. The van der Waals surface area contributed by atoms with E-state index in [-0.39, 0.29) is 42.8 Å². The number of aliphatic imine (C=N–C) groups is 1. The first-order chi connectivity index (χ1) is 16.8. The quantitative estimate of drug-likeness (QED) is 0.340. The van der Waals surface area contributed by atoms with E-state index in [1.54, 1.807) is 36.4 Å². The van der Waals surface area contributed by atoms with Crippen molar-refractivity contribution < 1.29 is 19.5 Å². The number of amidine groups is 1. The number of aliphatic hydroxyl groups is 1. The van der Waals surface area contributed by atoms with Crippen LogP contribution >= 0.6 is 0 Å². The Labute approximate surface area is 204 Å². The first kappa shape index (κ1) is 24.4. The lowest BCUT2D eigenvalue weighted by atomic mass is 9.89. The molecule has 2 aromatic carbocycles. The standard InChI is InChI=1S/C26H31N5O4/c1-2-9-31(35-15-16-3-7-20(27)8-4-16)26(34)19-10-17-5-6-18(11-23(17)30-24(28)12-19)25(33)29-21-13-22(32)14-21/h3-8,10-11,21-22,32H,2,9,12-15,27H2,1H3,(H2,28,30)(H,29,33). The lowest BCUT2D eigenvalue weighted by Crippen LogP contribution is -2.46. The summed E-state index contributed by atoms with van der Waals surface area (Å²) in [6.45, 7) is 2.62. The molecule has 0 bridgehead atoms. The number of amides is 2. The van der Waals surface area contributed by atoms with Crippen LogP contribution in [-0.2, 0) is 16.2 Å². The van der Waals surface area contributed by atoms with E-state index in [4.69, 9.17) is 16.3 Å². The number of nitrogens with zero attached hydrogens (tertiary/aromatic N) is 2. The Morgan fingerprint density at radius 3 is 2.60 bits per heavy atom. The van der Waals surface area contributed by atoms with Gasteiger partial charge in [-0.25, -0.2) is 10.1 Å². The second kappa shape index (κ2) is 10.7. The van der Waals surface area contributed by atoms with Crippen LogP contribution in [-0.4, -0.2) is 46.5 Å². The van der Waals surface area contributed by atoms with Gasteiger partial charge in [0.15, 0.2) is 0 Å². The molecule has 35 heavy (non-hydrogen) atoms. The Kier molecular flexibility index (Phi) is 7.48. The smallest absolute Gasteiger partial charge is 0.273 e. The number of carbonyl (C=O) groups excluding carboxylic acids is 2. The molecule has 1 saturated carbocycles. The predicted molar refractivity (Wildman–Crippen MR) is 134 cm³/mol. The van der Waals surface area contributed by atoms with Gasteiger partial charge in [0.1, 0.15) is 12.4 Å². The van der Waals surface area contributed by atoms with E-state index in [1.165, 1.54) is 5.06 Å². The summed E-state index contributed by atoms with van der Waals surface area (Å²) in [6.07, 6.45) is 3.41. The highest BCUT2D eigenvalue weighted by Gasteiger charge is 2.29. The molecule has 1 heterocycles. The minimum absolute atomic E-state index is 0.0215. The molecule has 2 aliphatic rings. The zero-order valence-electron chi connectivity index (χ0n) is 19.7. The average molecular weight is 478 g/mol. The van der Waals surface area contributed by atoms with Crippen molar-refractivity contribution in [2.45, 2.75) is 51.4 Å². The molecule has 0 saturated heterocycles. The van der Waals surface area contributed by atoms with E-state index in [0.29, 0.717) is 47.5 Å². The molecule has 4 rings (SSSR count). The molecule has 9 heteroatoms. The number of fused-ring (bicyclic) bond motifs is 1. The monoisotopic (exact) mass is 477 g/mol. The Bertz CT molecular complexity index is 1150. The normalized spacial score (nSPS) is 18.9. The zero-order chi connectivity index (χ0) is 24.9. The first-order valence-corrected chi connectivity index (χ1v) is 11.8. The Hall–Kier alpha value is -3.69. The van der Waals surface area contributed by atoms with Crippen LogP contribution in [0.3, 0.4) is 0 Å². The van der Waals surface area contributed by atoms with Crippen molar-refractivity contribution in [1.82, 2.24) is 10.4 Å². The highest BCUT2D eigenvalue weighted by molar-refractivity contribution is 6.05. The minimum Gasteiger partial charge on any atom is -0.399 e. The number of aliphatic hydroxyl groups excluding tert-OH is 1. The summed E-state index contributed by atoms with van der Waals surface area (Å²) in [5.41, 5.74) is 15.6. The summed E-state index contributed by atoms with van der Waals surface area (Å²) in [5, 5.41) is 13.7.